The average Bonchev–Trinajstić information content (AvgIpc) is 2.57. The Morgan fingerprint density at radius 1 is 1.09 bits per heavy atom. The van der Waals surface area contributed by atoms with Crippen LogP contribution >= 0.6 is 0 Å². The Morgan fingerprint density at radius 3 is 2.27 bits per heavy atom. The van der Waals surface area contributed by atoms with Gasteiger partial charge in [0.15, 0.2) is 0 Å². The van der Waals surface area contributed by atoms with Crippen LogP contribution in [0.1, 0.15) is 41.0 Å². The summed E-state index contributed by atoms with van der Waals surface area (Å²) in [6, 6.07) is -0.543. The van der Waals surface area contributed by atoms with Crippen LogP contribution in [0.3, 0.4) is 0 Å². The van der Waals surface area contributed by atoms with Crippen molar-refractivity contribution in [1.29, 1.82) is 0 Å². The molecule has 0 radical (unpaired) electrons. The van der Waals surface area contributed by atoms with E-state index in [2.05, 4.69) is 17.3 Å². The van der Waals surface area contributed by atoms with Crippen LogP contribution in [-0.4, -0.2) is 66.7 Å². The van der Waals surface area contributed by atoms with Crippen molar-refractivity contribution in [2.75, 3.05) is 33.2 Å². The number of nitrogens with zero attached hydrogens (tertiary/aromatic N) is 2. The number of carbonyl (C=O) groups excluding carboxylic acids is 2. The number of likely N-dealkylation sites (N-methyl/N-ethyl adjacent to an activating group) is 1. The summed E-state index contributed by atoms with van der Waals surface area (Å²) in [7, 11) is 2.06. The molecule has 0 aromatic carbocycles. The van der Waals surface area contributed by atoms with Crippen LogP contribution in [0.15, 0.2) is 0 Å². The van der Waals surface area contributed by atoms with Crippen LogP contribution < -0.4 is 5.32 Å². The number of ether oxygens (including phenoxy) is 1. The fraction of sp³-hybridized carbons (Fsp3) is 0.875. The number of nitrogens with one attached hydrogen (secondary N) is 1. The van der Waals surface area contributed by atoms with Crippen LogP contribution in [0.2, 0.25) is 0 Å². The Morgan fingerprint density at radius 2 is 1.73 bits per heavy atom. The second-order valence-corrected chi connectivity index (χ2v) is 7.35. The monoisotopic (exact) mass is 313 g/mol. The third-order valence-corrected chi connectivity index (χ3v) is 3.64. The van der Waals surface area contributed by atoms with Gasteiger partial charge in [-0.1, -0.05) is 13.8 Å². The number of hydrogen-bond donors (Lipinski definition) is 1. The summed E-state index contributed by atoms with van der Waals surface area (Å²) in [5, 5.41) is 2.74. The molecular formula is C16H31N3O3. The van der Waals surface area contributed by atoms with Gasteiger partial charge >= 0.3 is 6.09 Å². The van der Waals surface area contributed by atoms with E-state index in [0.717, 1.165) is 26.1 Å². The second-order valence-electron chi connectivity index (χ2n) is 7.35. The van der Waals surface area contributed by atoms with E-state index in [4.69, 9.17) is 4.74 Å². The highest BCUT2D eigenvalue weighted by atomic mass is 16.6. The molecule has 22 heavy (non-hydrogen) atoms. The van der Waals surface area contributed by atoms with Crippen molar-refractivity contribution in [3.8, 4) is 0 Å². The first-order valence-corrected chi connectivity index (χ1v) is 8.07. The van der Waals surface area contributed by atoms with E-state index in [1.807, 2.05) is 39.5 Å². The molecule has 1 rings (SSSR count). The Bertz CT molecular complexity index is 391. The van der Waals surface area contributed by atoms with Crippen molar-refractivity contribution >= 4 is 12.0 Å². The first-order valence-electron chi connectivity index (χ1n) is 8.07. The highest BCUT2D eigenvalue weighted by Crippen LogP contribution is 2.12. The molecule has 0 aromatic rings. The van der Waals surface area contributed by atoms with Crippen LogP contribution in [0.25, 0.3) is 0 Å². The molecule has 1 saturated heterocycles. The highest BCUT2D eigenvalue weighted by Gasteiger charge is 2.30. The molecule has 6 nitrogen and oxygen atoms in total. The number of carbonyl (C=O) groups is 2. The molecular weight excluding hydrogens is 282 g/mol. The van der Waals surface area contributed by atoms with E-state index in [9.17, 15) is 9.59 Å². The maximum atomic E-state index is 12.7. The fourth-order valence-electron chi connectivity index (χ4n) is 2.41. The molecule has 6 heteroatoms. The van der Waals surface area contributed by atoms with E-state index < -0.39 is 17.7 Å². The Labute approximate surface area is 134 Å². The molecule has 1 aliphatic rings. The van der Waals surface area contributed by atoms with E-state index in [1.165, 1.54) is 0 Å². The van der Waals surface area contributed by atoms with Gasteiger partial charge in [0.1, 0.15) is 11.6 Å². The summed E-state index contributed by atoms with van der Waals surface area (Å²) in [6.45, 7) is 12.6. The molecule has 0 bridgehead atoms. The van der Waals surface area contributed by atoms with E-state index in [0.29, 0.717) is 6.54 Å². The minimum absolute atomic E-state index is 0.0148. The second kappa shape index (κ2) is 7.81. The number of alkyl carbamates (subject to hydrolysis) is 1. The summed E-state index contributed by atoms with van der Waals surface area (Å²) in [6.07, 6.45) is 0.422. The average molecular weight is 313 g/mol. The molecule has 0 aromatic heterocycles. The minimum atomic E-state index is -0.569. The van der Waals surface area contributed by atoms with Crippen LogP contribution in [0.5, 0.6) is 0 Å². The fourth-order valence-corrected chi connectivity index (χ4v) is 2.41. The lowest BCUT2D eigenvalue weighted by Crippen LogP contribution is -2.52. The van der Waals surface area contributed by atoms with Gasteiger partial charge in [0.05, 0.1) is 0 Å². The van der Waals surface area contributed by atoms with Crippen molar-refractivity contribution in [3.63, 3.8) is 0 Å². The predicted octanol–water partition coefficient (Wildman–Crippen LogP) is 1.70. The van der Waals surface area contributed by atoms with Gasteiger partial charge in [0, 0.05) is 19.6 Å². The molecule has 1 heterocycles. The molecule has 0 saturated carbocycles. The van der Waals surface area contributed by atoms with Crippen LogP contribution in [0.4, 0.5) is 4.79 Å². The largest absolute Gasteiger partial charge is 0.444 e. The molecule has 1 atom stereocenters. The van der Waals surface area contributed by atoms with Crippen molar-refractivity contribution < 1.29 is 14.3 Å². The minimum Gasteiger partial charge on any atom is -0.444 e. The highest BCUT2D eigenvalue weighted by molar-refractivity contribution is 5.86. The zero-order valence-electron chi connectivity index (χ0n) is 14.8. The molecule has 0 aliphatic carbocycles. The van der Waals surface area contributed by atoms with Gasteiger partial charge in [0.25, 0.3) is 0 Å². The van der Waals surface area contributed by atoms with Crippen molar-refractivity contribution in [2.24, 2.45) is 5.92 Å². The third kappa shape index (κ3) is 6.22. The Hall–Kier alpha value is -1.30. The molecule has 128 valence electrons. The molecule has 1 aliphatic heterocycles. The standard InChI is InChI=1S/C16H31N3O3/c1-12(2)13(17-15(21)22-16(3,4)5)14(20)19-9-7-8-18(6)10-11-19/h12-13H,7-11H2,1-6H3,(H,17,21)/t13-/m0/s1. The lowest BCUT2D eigenvalue weighted by molar-refractivity contribution is -0.134. The lowest BCUT2D eigenvalue weighted by atomic mass is 10.0. The smallest absolute Gasteiger partial charge is 0.408 e. The van der Waals surface area contributed by atoms with Crippen molar-refractivity contribution in [2.45, 2.75) is 52.7 Å². The normalized spacial score (nSPS) is 18.8. The molecule has 2 amide bonds. The lowest BCUT2D eigenvalue weighted by Gasteiger charge is -2.30. The van der Waals surface area contributed by atoms with Gasteiger partial charge < -0.3 is 19.9 Å². The van der Waals surface area contributed by atoms with Gasteiger partial charge in [0.2, 0.25) is 5.91 Å². The summed E-state index contributed by atoms with van der Waals surface area (Å²) in [4.78, 5) is 28.8. The first-order chi connectivity index (χ1) is 10.1. The number of hydrogen-bond acceptors (Lipinski definition) is 4. The summed E-state index contributed by atoms with van der Waals surface area (Å²) in [5.74, 6) is -0.00263. The number of amides is 2. The zero-order chi connectivity index (χ0) is 16.9. The van der Waals surface area contributed by atoms with Gasteiger partial charge in [-0.05, 0) is 46.7 Å². The summed E-state index contributed by atoms with van der Waals surface area (Å²) < 4.78 is 5.27. The maximum Gasteiger partial charge on any atom is 0.408 e. The van der Waals surface area contributed by atoms with E-state index >= 15 is 0 Å². The van der Waals surface area contributed by atoms with Gasteiger partial charge in [-0.25, -0.2) is 4.79 Å². The molecule has 0 unspecified atom stereocenters. The van der Waals surface area contributed by atoms with Crippen LogP contribution in [0, 0.1) is 5.92 Å². The first kappa shape index (κ1) is 18.7. The van der Waals surface area contributed by atoms with Gasteiger partial charge in [-0.15, -0.1) is 0 Å². The number of rotatable bonds is 3. The summed E-state index contributed by atoms with van der Waals surface area (Å²) in [5.41, 5.74) is -0.569. The van der Waals surface area contributed by atoms with Gasteiger partial charge in [-0.3, -0.25) is 4.79 Å². The molecule has 0 spiro atoms. The third-order valence-electron chi connectivity index (χ3n) is 3.64. The van der Waals surface area contributed by atoms with Gasteiger partial charge in [-0.2, -0.15) is 0 Å². The van der Waals surface area contributed by atoms with Crippen LogP contribution in [-0.2, 0) is 9.53 Å². The SMILES string of the molecule is CC(C)[C@H](NC(=O)OC(C)(C)C)C(=O)N1CCCN(C)CC1. The topological polar surface area (TPSA) is 61.9 Å². The maximum absolute atomic E-state index is 12.7. The van der Waals surface area contributed by atoms with Crippen molar-refractivity contribution in [1.82, 2.24) is 15.1 Å². The Balaban J connectivity index is 2.69. The summed E-state index contributed by atoms with van der Waals surface area (Å²) >= 11 is 0. The predicted molar refractivity (Wildman–Crippen MR) is 86.7 cm³/mol. The van der Waals surface area contributed by atoms with E-state index in [-0.39, 0.29) is 11.8 Å². The van der Waals surface area contributed by atoms with Crippen molar-refractivity contribution in [3.05, 3.63) is 0 Å². The molecule has 1 fully saturated rings. The zero-order valence-corrected chi connectivity index (χ0v) is 14.8. The Kier molecular flexibility index (Phi) is 6.66. The quantitative estimate of drug-likeness (QED) is 0.861. The van der Waals surface area contributed by atoms with E-state index in [1.54, 1.807) is 0 Å². The molecule has 1 N–H and O–H groups in total.